The molecule has 1 aliphatic rings. The Hall–Kier alpha value is -2.97. The summed E-state index contributed by atoms with van der Waals surface area (Å²) in [5.74, 6) is 0.717. The van der Waals surface area contributed by atoms with Crippen molar-refractivity contribution in [2.75, 3.05) is 35.9 Å². The van der Waals surface area contributed by atoms with E-state index in [1.54, 1.807) is 18.2 Å². The number of sulfonamides is 1. The van der Waals surface area contributed by atoms with Gasteiger partial charge in [-0.2, -0.15) is 4.98 Å². The Bertz CT molecular complexity index is 1040. The summed E-state index contributed by atoms with van der Waals surface area (Å²) in [6, 6.07) is 19.7. The zero-order chi connectivity index (χ0) is 19.4. The first-order valence-corrected chi connectivity index (χ1v) is 10.5. The van der Waals surface area contributed by atoms with Crippen molar-refractivity contribution in [1.29, 1.82) is 0 Å². The molecule has 1 N–H and O–H groups in total. The monoisotopic (exact) mass is 396 g/mol. The highest BCUT2D eigenvalue weighted by Gasteiger charge is 2.19. The fourth-order valence-corrected chi connectivity index (χ4v) is 3.94. The maximum absolute atomic E-state index is 12.7. The van der Waals surface area contributed by atoms with E-state index in [0.717, 1.165) is 5.56 Å². The van der Waals surface area contributed by atoms with Crippen LogP contribution in [0.1, 0.15) is 0 Å². The van der Waals surface area contributed by atoms with Gasteiger partial charge in [-0.15, -0.1) is 0 Å². The van der Waals surface area contributed by atoms with Crippen LogP contribution in [0.2, 0.25) is 0 Å². The maximum Gasteiger partial charge on any atom is 0.264 e. The fraction of sp³-hybridized carbons (Fsp3) is 0.200. The predicted molar refractivity (Wildman–Crippen MR) is 108 cm³/mol. The zero-order valence-electron chi connectivity index (χ0n) is 15.2. The number of hydrogen-bond acceptors (Lipinski definition) is 6. The second-order valence-electron chi connectivity index (χ2n) is 6.32. The molecule has 8 heteroatoms. The molecule has 144 valence electrons. The van der Waals surface area contributed by atoms with Crippen LogP contribution in [0.3, 0.4) is 0 Å². The number of nitrogens with one attached hydrogen (secondary N) is 1. The van der Waals surface area contributed by atoms with Gasteiger partial charge in [0.05, 0.1) is 23.8 Å². The summed E-state index contributed by atoms with van der Waals surface area (Å²) in [6.45, 7) is 2.59. The predicted octanol–water partition coefficient (Wildman–Crippen LogP) is 2.78. The van der Waals surface area contributed by atoms with Gasteiger partial charge >= 0.3 is 0 Å². The first-order chi connectivity index (χ1) is 13.6. The average Bonchev–Trinajstić information content (AvgIpc) is 2.75. The topological polar surface area (TPSA) is 84.4 Å². The standard InChI is InChI=1S/C20H20N4O3S/c25-28(26,17-9-5-2-6-10-17)23-20-21-18(16-7-3-1-4-8-16)15-19(22-20)24-11-13-27-14-12-24/h1-10,15H,11-14H2,(H,21,22,23). The molecule has 0 unspecified atom stereocenters. The molecular formula is C20H20N4O3S. The molecule has 28 heavy (non-hydrogen) atoms. The van der Waals surface area contributed by atoms with Crippen molar-refractivity contribution in [2.45, 2.75) is 4.90 Å². The van der Waals surface area contributed by atoms with E-state index in [1.165, 1.54) is 12.1 Å². The van der Waals surface area contributed by atoms with Gasteiger partial charge in [0.2, 0.25) is 5.95 Å². The van der Waals surface area contributed by atoms with Crippen LogP contribution in [0.15, 0.2) is 71.6 Å². The number of morpholine rings is 1. The van der Waals surface area contributed by atoms with Crippen molar-refractivity contribution in [3.05, 3.63) is 66.7 Å². The number of rotatable bonds is 5. The molecule has 0 saturated carbocycles. The SMILES string of the molecule is O=S(=O)(Nc1nc(-c2ccccc2)cc(N2CCOCC2)n1)c1ccccc1. The highest BCUT2D eigenvalue weighted by molar-refractivity contribution is 7.92. The van der Waals surface area contributed by atoms with E-state index in [4.69, 9.17) is 4.74 Å². The van der Waals surface area contributed by atoms with Gasteiger partial charge < -0.3 is 9.64 Å². The minimum absolute atomic E-state index is 0.0479. The first-order valence-electron chi connectivity index (χ1n) is 8.97. The molecular weight excluding hydrogens is 376 g/mol. The molecule has 0 radical (unpaired) electrons. The minimum atomic E-state index is -3.78. The molecule has 0 spiro atoms. The summed E-state index contributed by atoms with van der Waals surface area (Å²) >= 11 is 0. The van der Waals surface area contributed by atoms with Gasteiger partial charge in [-0.3, -0.25) is 0 Å². The Morgan fingerprint density at radius 3 is 2.21 bits per heavy atom. The third-order valence-corrected chi connectivity index (χ3v) is 5.74. The molecule has 1 saturated heterocycles. The van der Waals surface area contributed by atoms with Crippen molar-refractivity contribution in [3.8, 4) is 11.3 Å². The number of anilines is 2. The van der Waals surface area contributed by atoms with E-state index in [-0.39, 0.29) is 10.8 Å². The number of ether oxygens (including phenoxy) is 1. The third-order valence-electron chi connectivity index (χ3n) is 4.40. The van der Waals surface area contributed by atoms with E-state index in [1.807, 2.05) is 36.4 Å². The zero-order valence-corrected chi connectivity index (χ0v) is 16.0. The lowest BCUT2D eigenvalue weighted by molar-refractivity contribution is 0.122. The molecule has 0 aliphatic carbocycles. The van der Waals surface area contributed by atoms with Crippen LogP contribution in [0.4, 0.5) is 11.8 Å². The molecule has 1 aliphatic heterocycles. The number of aromatic nitrogens is 2. The second kappa shape index (κ2) is 7.95. The number of hydrogen-bond donors (Lipinski definition) is 1. The van der Waals surface area contributed by atoms with E-state index < -0.39 is 10.0 Å². The van der Waals surface area contributed by atoms with Crippen molar-refractivity contribution < 1.29 is 13.2 Å². The van der Waals surface area contributed by atoms with Gasteiger partial charge in [0.15, 0.2) is 0 Å². The van der Waals surface area contributed by atoms with Crippen LogP contribution in [-0.4, -0.2) is 44.7 Å². The average molecular weight is 396 g/mol. The Balaban J connectivity index is 1.73. The van der Waals surface area contributed by atoms with Gasteiger partial charge in [-0.1, -0.05) is 48.5 Å². The summed E-state index contributed by atoms with van der Waals surface area (Å²) in [7, 11) is -3.78. The normalized spacial score (nSPS) is 14.6. The van der Waals surface area contributed by atoms with Crippen LogP contribution < -0.4 is 9.62 Å². The van der Waals surface area contributed by atoms with Crippen molar-refractivity contribution in [2.24, 2.45) is 0 Å². The Labute approximate surface area is 164 Å². The summed E-state index contributed by atoms with van der Waals surface area (Å²) in [4.78, 5) is 11.1. The van der Waals surface area contributed by atoms with E-state index >= 15 is 0 Å². The van der Waals surface area contributed by atoms with Crippen molar-refractivity contribution >= 4 is 21.8 Å². The molecule has 1 fully saturated rings. The molecule has 4 rings (SSSR count). The summed E-state index contributed by atoms with van der Waals surface area (Å²) in [6.07, 6.45) is 0. The summed E-state index contributed by atoms with van der Waals surface area (Å²) in [5, 5.41) is 0. The lowest BCUT2D eigenvalue weighted by atomic mass is 10.1. The molecule has 0 bridgehead atoms. The number of nitrogens with zero attached hydrogens (tertiary/aromatic N) is 3. The Morgan fingerprint density at radius 1 is 0.893 bits per heavy atom. The molecule has 0 atom stereocenters. The van der Waals surface area contributed by atoms with Gasteiger partial charge in [-0.25, -0.2) is 18.1 Å². The highest BCUT2D eigenvalue weighted by atomic mass is 32.2. The van der Waals surface area contributed by atoms with Crippen molar-refractivity contribution in [3.63, 3.8) is 0 Å². The fourth-order valence-electron chi connectivity index (χ4n) is 2.97. The quantitative estimate of drug-likeness (QED) is 0.714. The van der Waals surface area contributed by atoms with Crippen LogP contribution in [-0.2, 0) is 14.8 Å². The van der Waals surface area contributed by atoms with Gasteiger partial charge in [0.25, 0.3) is 10.0 Å². The van der Waals surface area contributed by atoms with E-state index in [9.17, 15) is 8.42 Å². The van der Waals surface area contributed by atoms with Crippen LogP contribution in [0.25, 0.3) is 11.3 Å². The Kier molecular flexibility index (Phi) is 5.23. The summed E-state index contributed by atoms with van der Waals surface area (Å²) < 4.78 is 33.3. The van der Waals surface area contributed by atoms with Crippen molar-refractivity contribution in [1.82, 2.24) is 9.97 Å². The lowest BCUT2D eigenvalue weighted by Gasteiger charge is -2.28. The maximum atomic E-state index is 12.7. The molecule has 2 aromatic carbocycles. The van der Waals surface area contributed by atoms with Gasteiger partial charge in [-0.05, 0) is 12.1 Å². The van der Waals surface area contributed by atoms with Crippen LogP contribution >= 0.6 is 0 Å². The molecule has 7 nitrogen and oxygen atoms in total. The first kappa shape index (κ1) is 18.4. The summed E-state index contributed by atoms with van der Waals surface area (Å²) in [5.41, 5.74) is 1.54. The van der Waals surface area contributed by atoms with Gasteiger partial charge in [0, 0.05) is 24.7 Å². The van der Waals surface area contributed by atoms with Crippen LogP contribution in [0.5, 0.6) is 0 Å². The lowest BCUT2D eigenvalue weighted by Crippen LogP contribution is -2.37. The minimum Gasteiger partial charge on any atom is -0.378 e. The van der Waals surface area contributed by atoms with Crippen LogP contribution in [0, 0.1) is 0 Å². The van der Waals surface area contributed by atoms with E-state index in [2.05, 4.69) is 19.6 Å². The second-order valence-corrected chi connectivity index (χ2v) is 8.00. The smallest absolute Gasteiger partial charge is 0.264 e. The number of benzene rings is 2. The highest BCUT2D eigenvalue weighted by Crippen LogP contribution is 2.25. The molecule has 3 aromatic rings. The van der Waals surface area contributed by atoms with Gasteiger partial charge in [0.1, 0.15) is 5.82 Å². The molecule has 0 amide bonds. The largest absolute Gasteiger partial charge is 0.378 e. The third kappa shape index (κ3) is 4.13. The Morgan fingerprint density at radius 2 is 1.54 bits per heavy atom. The molecule has 2 heterocycles. The molecule has 1 aromatic heterocycles. The van der Waals surface area contributed by atoms with E-state index in [0.29, 0.717) is 37.8 Å².